The lowest BCUT2D eigenvalue weighted by molar-refractivity contribution is -0.935. The maximum absolute atomic E-state index is 12.0. The van der Waals surface area contributed by atoms with E-state index >= 15 is 0 Å². The van der Waals surface area contributed by atoms with Gasteiger partial charge in [0.1, 0.15) is 11.8 Å². The molecule has 0 saturated carbocycles. The molecule has 0 aliphatic heterocycles. The van der Waals surface area contributed by atoms with Gasteiger partial charge >= 0.3 is 11.9 Å². The molecule has 0 heterocycles. The van der Waals surface area contributed by atoms with Gasteiger partial charge in [-0.2, -0.15) is 0 Å². The fourth-order valence-electron chi connectivity index (χ4n) is 6.79. The van der Waals surface area contributed by atoms with E-state index in [-0.39, 0.29) is 24.1 Å². The zero-order chi connectivity index (χ0) is 34.5. The Morgan fingerprint density at radius 1 is 0.522 bits per heavy atom. The van der Waals surface area contributed by atoms with Gasteiger partial charge < -0.3 is 24.6 Å². The molecule has 7 nitrogen and oxygen atoms in total. The van der Waals surface area contributed by atoms with Crippen LogP contribution in [-0.2, 0) is 14.4 Å². The number of hydrogen-bond donors (Lipinski definition) is 2. The topological polar surface area (TPSA) is 115 Å². The van der Waals surface area contributed by atoms with Gasteiger partial charge in [0.2, 0.25) is 0 Å². The Bertz CT molecular complexity index is 738. The van der Waals surface area contributed by atoms with E-state index in [4.69, 9.17) is 0 Å². The first-order chi connectivity index (χ1) is 22.2. The van der Waals surface area contributed by atoms with Crippen molar-refractivity contribution in [1.82, 2.24) is 0 Å². The normalized spacial score (nSPS) is 15.0. The van der Waals surface area contributed by atoms with Crippen LogP contribution in [0.2, 0.25) is 0 Å². The average molecular weight is 652 g/mol. The highest BCUT2D eigenvalue weighted by Gasteiger charge is 2.39. The number of carbonyl (C=O) groups is 3. The zero-order valence-corrected chi connectivity index (χ0v) is 30.5. The number of carboxylic acid groups (broad SMARTS) is 3. The molecule has 0 aromatic heterocycles. The Morgan fingerprint density at radius 2 is 0.848 bits per heavy atom. The van der Waals surface area contributed by atoms with Crippen LogP contribution in [0.3, 0.4) is 0 Å². The van der Waals surface area contributed by atoms with Crippen LogP contribution in [0.5, 0.6) is 0 Å². The molecule has 3 atom stereocenters. The van der Waals surface area contributed by atoms with Crippen LogP contribution in [0.25, 0.3) is 0 Å². The van der Waals surface area contributed by atoms with E-state index in [9.17, 15) is 29.7 Å². The molecule has 0 bridgehead atoms. The molecule has 0 saturated heterocycles. The number of carboxylic acids is 3. The molecule has 0 spiro atoms. The molecular weight excluding hydrogens is 578 g/mol. The summed E-state index contributed by atoms with van der Waals surface area (Å²) in [6.07, 6.45) is 31.2. The van der Waals surface area contributed by atoms with E-state index in [1.54, 1.807) is 6.92 Å². The Kier molecular flexibility index (Phi) is 28.1. The van der Waals surface area contributed by atoms with Crippen molar-refractivity contribution in [2.24, 2.45) is 17.8 Å². The summed E-state index contributed by atoms with van der Waals surface area (Å²) in [6.45, 7) is 9.07. The second-order valence-corrected chi connectivity index (χ2v) is 14.0. The van der Waals surface area contributed by atoms with Crippen LogP contribution in [-0.4, -0.2) is 58.8 Å². The summed E-state index contributed by atoms with van der Waals surface area (Å²) in [5.74, 6) is -4.95. The Hall–Kier alpha value is -1.89. The molecule has 0 aliphatic rings. The summed E-state index contributed by atoms with van der Waals surface area (Å²) in [6, 6.07) is 0. The van der Waals surface area contributed by atoms with Gasteiger partial charge in [0.15, 0.2) is 0 Å². The first-order valence-corrected chi connectivity index (χ1v) is 19.3. The van der Waals surface area contributed by atoms with Crippen molar-refractivity contribution in [3.05, 3.63) is 12.2 Å². The van der Waals surface area contributed by atoms with Crippen molar-refractivity contribution in [3.63, 3.8) is 0 Å². The van der Waals surface area contributed by atoms with Crippen molar-refractivity contribution in [1.29, 1.82) is 0 Å². The van der Waals surface area contributed by atoms with Crippen LogP contribution in [0, 0.1) is 17.8 Å². The molecule has 3 unspecified atom stereocenters. The molecular formula is C39H73NO6. The smallest absolute Gasteiger partial charge is 0.312 e. The number of unbranched alkanes of at least 4 members (excludes halogenated alkanes) is 18. The van der Waals surface area contributed by atoms with Crippen LogP contribution in [0.15, 0.2) is 12.2 Å². The van der Waals surface area contributed by atoms with E-state index < -0.39 is 35.7 Å². The molecule has 270 valence electrons. The van der Waals surface area contributed by atoms with E-state index in [2.05, 4.69) is 19.1 Å². The van der Waals surface area contributed by atoms with Crippen LogP contribution in [0.1, 0.15) is 175 Å². The van der Waals surface area contributed by atoms with Gasteiger partial charge in [-0.25, -0.2) is 0 Å². The molecule has 0 aliphatic carbocycles. The summed E-state index contributed by atoms with van der Waals surface area (Å²) >= 11 is 0. The molecule has 0 rings (SSSR count). The van der Waals surface area contributed by atoms with Gasteiger partial charge in [0, 0.05) is 5.92 Å². The summed E-state index contributed by atoms with van der Waals surface area (Å²) in [4.78, 5) is 35.9. The third kappa shape index (κ3) is 22.6. The Morgan fingerprint density at radius 3 is 1.17 bits per heavy atom. The van der Waals surface area contributed by atoms with Crippen molar-refractivity contribution >= 4 is 17.9 Å². The lowest BCUT2D eigenvalue weighted by Crippen LogP contribution is -2.59. The molecule has 7 heteroatoms. The average Bonchev–Trinajstić information content (AvgIpc) is 3.03. The minimum absolute atomic E-state index is 0.219. The molecule has 0 aromatic carbocycles. The lowest BCUT2D eigenvalue weighted by atomic mass is 9.95. The maximum Gasteiger partial charge on any atom is 0.312 e. The Balaban J connectivity index is 4.45. The highest BCUT2D eigenvalue weighted by molar-refractivity contribution is 5.70. The number of nitrogens with zero attached hydrogens (tertiary/aromatic N) is 1. The van der Waals surface area contributed by atoms with Crippen molar-refractivity contribution in [3.8, 4) is 0 Å². The monoisotopic (exact) mass is 652 g/mol. The predicted molar refractivity (Wildman–Crippen MR) is 189 cm³/mol. The van der Waals surface area contributed by atoms with Gasteiger partial charge in [-0.15, -0.1) is 0 Å². The number of allylic oxidation sites excluding steroid dienone is 2. The second kappa shape index (κ2) is 29.3. The lowest BCUT2D eigenvalue weighted by Gasteiger charge is -2.44. The second-order valence-electron chi connectivity index (χ2n) is 14.0. The van der Waals surface area contributed by atoms with Gasteiger partial charge in [0.05, 0.1) is 32.1 Å². The molecule has 0 aromatic rings. The van der Waals surface area contributed by atoms with Gasteiger partial charge in [-0.3, -0.25) is 9.59 Å². The number of carbonyl (C=O) groups excluding carboxylic acids is 1. The summed E-state index contributed by atoms with van der Waals surface area (Å²) in [5.41, 5.74) is 0. The van der Waals surface area contributed by atoms with E-state index in [1.165, 1.54) is 103 Å². The number of hydrogen-bond acceptors (Lipinski definition) is 4. The van der Waals surface area contributed by atoms with Crippen molar-refractivity contribution in [2.45, 2.75) is 175 Å². The Labute approximate surface area is 283 Å². The SMILES string of the molecule is CCCCCCCCCC/C=C/CCCCCCCCCCCC[N+](CC(CC)C(=O)[O-])(CC(CC)C(=O)O)CC(CC)C(=O)O. The third-order valence-electron chi connectivity index (χ3n) is 9.98. The van der Waals surface area contributed by atoms with Crippen molar-refractivity contribution in [2.75, 3.05) is 26.2 Å². The number of rotatable bonds is 34. The standard InChI is InChI=1S/C39H73NO6/c1-5-9-10-11-12-13-14-15-16-17-18-19-20-21-22-23-24-25-26-27-28-29-30-40(31-34(6-2)37(41)42,32-35(7-3)38(43)44)33-36(8-4)39(45)46/h17-18,34-36H,5-16,19-33H2,1-4H3,(H2-,41,42,43,44,45,46)/b18-17+. The van der Waals surface area contributed by atoms with Gasteiger partial charge in [-0.1, -0.05) is 130 Å². The fraction of sp³-hybridized carbons (Fsp3) is 0.872. The molecule has 0 fully saturated rings. The summed E-state index contributed by atoms with van der Waals surface area (Å²) in [7, 11) is 0. The number of aliphatic carboxylic acids is 3. The minimum atomic E-state index is -1.14. The van der Waals surface area contributed by atoms with Crippen molar-refractivity contribution < 1.29 is 34.2 Å². The van der Waals surface area contributed by atoms with Crippen LogP contribution >= 0.6 is 0 Å². The quantitative estimate of drug-likeness (QED) is 0.0407. The number of quaternary nitrogens is 1. The first-order valence-electron chi connectivity index (χ1n) is 19.3. The molecule has 0 amide bonds. The summed E-state index contributed by atoms with van der Waals surface area (Å²) in [5, 5.41) is 31.6. The van der Waals surface area contributed by atoms with E-state index in [0.717, 1.165) is 25.7 Å². The molecule has 46 heavy (non-hydrogen) atoms. The third-order valence-corrected chi connectivity index (χ3v) is 9.98. The van der Waals surface area contributed by atoms with Crippen LogP contribution in [0.4, 0.5) is 0 Å². The fourth-order valence-corrected chi connectivity index (χ4v) is 6.79. The predicted octanol–water partition coefficient (Wildman–Crippen LogP) is 9.18. The minimum Gasteiger partial charge on any atom is -0.550 e. The highest BCUT2D eigenvalue weighted by Crippen LogP contribution is 2.25. The summed E-state index contributed by atoms with van der Waals surface area (Å²) < 4.78 is 0.219. The zero-order valence-electron chi connectivity index (χ0n) is 30.5. The largest absolute Gasteiger partial charge is 0.550 e. The van der Waals surface area contributed by atoms with E-state index in [1.807, 2.05) is 13.8 Å². The maximum atomic E-state index is 12.0. The van der Waals surface area contributed by atoms with E-state index in [0.29, 0.717) is 25.8 Å². The van der Waals surface area contributed by atoms with Gasteiger partial charge in [-0.05, 0) is 57.8 Å². The molecule has 2 N–H and O–H groups in total. The molecule has 0 radical (unpaired) electrons. The highest BCUT2D eigenvalue weighted by atomic mass is 16.4. The van der Waals surface area contributed by atoms with Gasteiger partial charge in [0.25, 0.3) is 0 Å². The first kappa shape index (κ1) is 44.1. The van der Waals surface area contributed by atoms with Crippen LogP contribution < -0.4 is 5.11 Å².